The smallest absolute Gasteiger partial charge is 0.181 e. The molecule has 0 bridgehead atoms. The zero-order chi connectivity index (χ0) is 15.6. The van der Waals surface area contributed by atoms with Gasteiger partial charge in [-0.1, -0.05) is 40.9 Å². The van der Waals surface area contributed by atoms with Crippen molar-refractivity contribution >= 4 is 44.6 Å². The van der Waals surface area contributed by atoms with Gasteiger partial charge in [-0.2, -0.15) is 0 Å². The van der Waals surface area contributed by atoms with Crippen molar-refractivity contribution in [3.05, 3.63) is 63.1 Å². The summed E-state index contributed by atoms with van der Waals surface area (Å²) in [5.74, 6) is -0.452. The predicted octanol–water partition coefficient (Wildman–Crippen LogP) is 4.15. The van der Waals surface area contributed by atoms with Crippen LogP contribution in [0.15, 0.2) is 47.4 Å². The number of halogens is 3. The van der Waals surface area contributed by atoms with E-state index in [1.54, 1.807) is 0 Å². The summed E-state index contributed by atoms with van der Waals surface area (Å²) in [7, 11) is -3.63. The van der Waals surface area contributed by atoms with Gasteiger partial charge < -0.3 is 5.11 Å². The van der Waals surface area contributed by atoms with Crippen LogP contribution in [0, 0.1) is 0 Å². The molecule has 2 aromatic rings. The van der Waals surface area contributed by atoms with Crippen molar-refractivity contribution in [1.29, 1.82) is 0 Å². The van der Waals surface area contributed by atoms with Gasteiger partial charge in [-0.15, -0.1) is 0 Å². The average Bonchev–Trinajstić information content (AvgIpc) is 2.41. The Balaban J connectivity index is 2.23. The minimum absolute atomic E-state index is 0.103. The molecule has 7 heteroatoms. The zero-order valence-corrected chi connectivity index (χ0v) is 13.7. The van der Waals surface area contributed by atoms with E-state index in [4.69, 9.17) is 34.8 Å². The van der Waals surface area contributed by atoms with Crippen LogP contribution in [0.25, 0.3) is 0 Å². The molecular formula is C14H11Cl3O3S. The Morgan fingerprint density at radius 2 is 1.57 bits per heavy atom. The highest BCUT2D eigenvalue weighted by molar-refractivity contribution is 7.91. The summed E-state index contributed by atoms with van der Waals surface area (Å²) in [5.41, 5.74) is 0.391. The molecule has 0 fully saturated rings. The monoisotopic (exact) mass is 364 g/mol. The molecule has 112 valence electrons. The molecule has 2 aromatic carbocycles. The van der Waals surface area contributed by atoms with E-state index in [9.17, 15) is 13.5 Å². The van der Waals surface area contributed by atoms with E-state index < -0.39 is 21.7 Å². The summed E-state index contributed by atoms with van der Waals surface area (Å²) in [6.07, 6.45) is -1.19. The second-order valence-corrected chi connectivity index (χ2v) is 7.71. The van der Waals surface area contributed by atoms with Crippen molar-refractivity contribution in [3.8, 4) is 0 Å². The largest absolute Gasteiger partial charge is 0.387 e. The third kappa shape index (κ3) is 4.11. The third-order valence-corrected chi connectivity index (χ3v) is 5.61. The number of hydrogen-bond acceptors (Lipinski definition) is 3. The van der Waals surface area contributed by atoms with Crippen LogP contribution >= 0.6 is 34.8 Å². The van der Waals surface area contributed by atoms with E-state index in [1.807, 2.05) is 0 Å². The van der Waals surface area contributed by atoms with Crippen LogP contribution in [-0.4, -0.2) is 19.3 Å². The van der Waals surface area contributed by atoms with Gasteiger partial charge in [0.1, 0.15) is 0 Å². The fraction of sp³-hybridized carbons (Fsp3) is 0.143. The third-order valence-electron chi connectivity index (χ3n) is 2.88. The van der Waals surface area contributed by atoms with Crippen LogP contribution in [0.1, 0.15) is 11.7 Å². The molecule has 1 atom stereocenters. The minimum Gasteiger partial charge on any atom is -0.387 e. The van der Waals surface area contributed by atoms with E-state index in [2.05, 4.69) is 0 Å². The fourth-order valence-corrected chi connectivity index (χ4v) is 3.55. The van der Waals surface area contributed by atoms with Crippen LogP contribution in [-0.2, 0) is 9.84 Å². The van der Waals surface area contributed by atoms with Crippen molar-refractivity contribution in [1.82, 2.24) is 0 Å². The van der Waals surface area contributed by atoms with Gasteiger partial charge in [0.05, 0.1) is 26.8 Å². The Hall–Kier alpha value is -0.780. The Labute approximate surface area is 138 Å². The van der Waals surface area contributed by atoms with E-state index in [0.29, 0.717) is 15.6 Å². The molecule has 0 unspecified atom stereocenters. The second kappa shape index (κ2) is 6.55. The molecule has 0 aliphatic rings. The van der Waals surface area contributed by atoms with Crippen LogP contribution in [0.5, 0.6) is 0 Å². The summed E-state index contributed by atoms with van der Waals surface area (Å²) >= 11 is 17.4. The molecule has 1 N–H and O–H groups in total. The number of rotatable bonds is 4. The number of benzene rings is 2. The molecule has 0 aliphatic heterocycles. The summed E-state index contributed by atoms with van der Waals surface area (Å²) in [6.45, 7) is 0. The maximum Gasteiger partial charge on any atom is 0.181 e. The van der Waals surface area contributed by atoms with Gasteiger partial charge >= 0.3 is 0 Å². The zero-order valence-electron chi connectivity index (χ0n) is 10.6. The lowest BCUT2D eigenvalue weighted by molar-refractivity contribution is 0.201. The van der Waals surface area contributed by atoms with Crippen molar-refractivity contribution in [3.63, 3.8) is 0 Å². The highest BCUT2D eigenvalue weighted by Crippen LogP contribution is 2.27. The first kappa shape index (κ1) is 16.6. The van der Waals surface area contributed by atoms with Crippen LogP contribution in [0.4, 0.5) is 0 Å². The molecule has 21 heavy (non-hydrogen) atoms. The molecular weight excluding hydrogens is 355 g/mol. The normalized spacial score (nSPS) is 13.1. The Bertz CT molecular complexity index is 743. The van der Waals surface area contributed by atoms with E-state index in [-0.39, 0.29) is 9.92 Å². The SMILES string of the molecule is O=S(=O)(C[C@H](O)c1ccc(Cl)c(Cl)c1)c1ccc(Cl)cc1. The van der Waals surface area contributed by atoms with E-state index in [0.717, 1.165) is 0 Å². The van der Waals surface area contributed by atoms with Gasteiger partial charge in [0.25, 0.3) is 0 Å². The van der Waals surface area contributed by atoms with Crippen molar-refractivity contribution < 1.29 is 13.5 Å². The lowest BCUT2D eigenvalue weighted by Crippen LogP contribution is -2.14. The topological polar surface area (TPSA) is 54.4 Å². The number of aliphatic hydroxyl groups is 1. The molecule has 2 rings (SSSR count). The predicted molar refractivity (Wildman–Crippen MR) is 84.9 cm³/mol. The maximum absolute atomic E-state index is 12.2. The molecule has 0 saturated carbocycles. The van der Waals surface area contributed by atoms with Gasteiger partial charge in [-0.3, -0.25) is 0 Å². The van der Waals surface area contributed by atoms with Crippen LogP contribution in [0.2, 0.25) is 15.1 Å². The molecule has 0 heterocycles. The molecule has 3 nitrogen and oxygen atoms in total. The molecule has 0 amide bonds. The lowest BCUT2D eigenvalue weighted by atomic mass is 10.1. The Kier molecular flexibility index (Phi) is 5.17. The Morgan fingerprint density at radius 1 is 0.952 bits per heavy atom. The van der Waals surface area contributed by atoms with Crippen molar-refractivity contribution in [2.45, 2.75) is 11.0 Å². The highest BCUT2D eigenvalue weighted by atomic mass is 35.5. The van der Waals surface area contributed by atoms with E-state index in [1.165, 1.54) is 42.5 Å². The summed E-state index contributed by atoms with van der Waals surface area (Å²) in [5, 5.41) is 11.1. The van der Waals surface area contributed by atoms with Crippen molar-refractivity contribution in [2.75, 3.05) is 5.75 Å². The van der Waals surface area contributed by atoms with Gasteiger partial charge in [0.2, 0.25) is 0 Å². The highest BCUT2D eigenvalue weighted by Gasteiger charge is 2.21. The quantitative estimate of drug-likeness (QED) is 0.885. The number of hydrogen-bond donors (Lipinski definition) is 1. The summed E-state index contributed by atoms with van der Waals surface area (Å²) in [6, 6.07) is 10.3. The molecule has 0 spiro atoms. The first-order valence-corrected chi connectivity index (χ1v) is 8.69. The van der Waals surface area contributed by atoms with Gasteiger partial charge in [0.15, 0.2) is 9.84 Å². The molecule has 0 aromatic heterocycles. The van der Waals surface area contributed by atoms with Crippen LogP contribution in [0.3, 0.4) is 0 Å². The van der Waals surface area contributed by atoms with Crippen molar-refractivity contribution in [2.24, 2.45) is 0 Å². The standard InChI is InChI=1S/C14H11Cl3O3S/c15-10-2-4-11(5-3-10)21(19,20)8-14(18)9-1-6-12(16)13(17)7-9/h1-7,14,18H,8H2/t14-/m0/s1. The van der Waals surface area contributed by atoms with Crippen LogP contribution < -0.4 is 0 Å². The second-order valence-electron chi connectivity index (χ2n) is 4.42. The van der Waals surface area contributed by atoms with Gasteiger partial charge in [0, 0.05) is 5.02 Å². The number of aliphatic hydroxyl groups excluding tert-OH is 1. The van der Waals surface area contributed by atoms with Gasteiger partial charge in [-0.25, -0.2) is 8.42 Å². The van der Waals surface area contributed by atoms with E-state index >= 15 is 0 Å². The summed E-state index contributed by atoms with van der Waals surface area (Å²) in [4.78, 5) is 0.103. The average molecular weight is 366 g/mol. The number of sulfone groups is 1. The first-order chi connectivity index (χ1) is 9.79. The Morgan fingerprint density at radius 3 is 2.14 bits per heavy atom. The molecule has 0 saturated heterocycles. The summed E-state index contributed by atoms with van der Waals surface area (Å²) < 4.78 is 24.4. The lowest BCUT2D eigenvalue weighted by Gasteiger charge is -2.12. The molecule has 0 aliphatic carbocycles. The van der Waals surface area contributed by atoms with Gasteiger partial charge in [-0.05, 0) is 42.0 Å². The maximum atomic E-state index is 12.2. The fourth-order valence-electron chi connectivity index (χ4n) is 1.76. The first-order valence-electron chi connectivity index (χ1n) is 5.91. The molecule has 0 radical (unpaired) electrons. The minimum atomic E-state index is -3.63.